The Labute approximate surface area is 123 Å². The molecule has 0 spiro atoms. The van der Waals surface area contributed by atoms with Crippen LogP contribution in [0, 0.1) is 13.8 Å². The highest BCUT2D eigenvalue weighted by Gasteiger charge is 2.13. The predicted octanol–water partition coefficient (Wildman–Crippen LogP) is 2.22. The van der Waals surface area contributed by atoms with Gasteiger partial charge < -0.3 is 15.2 Å². The zero-order valence-corrected chi connectivity index (χ0v) is 12.8. The van der Waals surface area contributed by atoms with Crippen molar-refractivity contribution in [2.24, 2.45) is 0 Å². The van der Waals surface area contributed by atoms with Crippen molar-refractivity contribution in [2.75, 3.05) is 12.4 Å². The topological polar surface area (TPSA) is 80.0 Å². The number of carbonyl (C=O) groups is 1. The molecule has 2 aromatic rings. The largest absolute Gasteiger partial charge is 0.373 e. The number of nitrogens with one attached hydrogen (secondary N) is 2. The monoisotopic (exact) mass is 288 g/mol. The molecule has 0 saturated carbocycles. The summed E-state index contributed by atoms with van der Waals surface area (Å²) in [5, 5.41) is 9.74. The number of anilines is 1. The van der Waals surface area contributed by atoms with Crippen molar-refractivity contribution in [3.05, 3.63) is 40.4 Å². The van der Waals surface area contributed by atoms with Gasteiger partial charge in [0.1, 0.15) is 11.6 Å². The van der Waals surface area contributed by atoms with Crippen molar-refractivity contribution in [3.8, 4) is 0 Å². The Bertz CT molecular complexity index is 607. The van der Waals surface area contributed by atoms with Gasteiger partial charge in [-0.15, -0.1) is 0 Å². The molecule has 1 amide bonds. The van der Waals surface area contributed by atoms with Crippen LogP contribution < -0.4 is 10.6 Å². The van der Waals surface area contributed by atoms with E-state index in [4.69, 9.17) is 4.52 Å². The molecule has 112 valence electrons. The highest BCUT2D eigenvalue weighted by molar-refractivity contribution is 5.95. The van der Waals surface area contributed by atoms with Crippen LogP contribution in [0.4, 0.5) is 5.82 Å². The molecule has 0 radical (unpaired) electrons. The van der Waals surface area contributed by atoms with Gasteiger partial charge in [-0.1, -0.05) is 12.1 Å². The Morgan fingerprint density at radius 3 is 2.67 bits per heavy atom. The van der Waals surface area contributed by atoms with Gasteiger partial charge in [0.05, 0.1) is 5.69 Å². The second kappa shape index (κ2) is 6.39. The van der Waals surface area contributed by atoms with Gasteiger partial charge >= 0.3 is 0 Å². The van der Waals surface area contributed by atoms with Crippen molar-refractivity contribution in [1.29, 1.82) is 0 Å². The number of pyridine rings is 1. The molecule has 2 aromatic heterocycles. The third-order valence-corrected chi connectivity index (χ3v) is 3.37. The summed E-state index contributed by atoms with van der Waals surface area (Å²) >= 11 is 0. The Hall–Kier alpha value is -2.37. The smallest absolute Gasteiger partial charge is 0.251 e. The third-order valence-electron chi connectivity index (χ3n) is 3.37. The van der Waals surface area contributed by atoms with Gasteiger partial charge in [0.15, 0.2) is 0 Å². The predicted molar refractivity (Wildman–Crippen MR) is 80.3 cm³/mol. The summed E-state index contributed by atoms with van der Waals surface area (Å²) in [7, 11) is 1.79. The van der Waals surface area contributed by atoms with Crippen molar-refractivity contribution in [3.63, 3.8) is 0 Å². The lowest BCUT2D eigenvalue weighted by atomic mass is 10.1. The molecule has 0 aromatic carbocycles. The van der Waals surface area contributed by atoms with E-state index in [0.29, 0.717) is 17.9 Å². The molecule has 0 bridgehead atoms. The SMILES string of the molecule is CCc1cc(C(=O)NCc2c(C)noc2C)cc(NC)n1. The summed E-state index contributed by atoms with van der Waals surface area (Å²) < 4.78 is 5.09. The van der Waals surface area contributed by atoms with E-state index in [1.165, 1.54) is 0 Å². The minimum absolute atomic E-state index is 0.136. The van der Waals surface area contributed by atoms with E-state index < -0.39 is 0 Å². The molecule has 0 fully saturated rings. The number of amides is 1. The maximum absolute atomic E-state index is 12.3. The molecule has 2 heterocycles. The fourth-order valence-electron chi connectivity index (χ4n) is 2.05. The van der Waals surface area contributed by atoms with Crippen LogP contribution in [0.25, 0.3) is 0 Å². The molecule has 6 nitrogen and oxygen atoms in total. The molecule has 0 unspecified atom stereocenters. The number of rotatable bonds is 5. The van der Waals surface area contributed by atoms with E-state index in [0.717, 1.165) is 29.1 Å². The molecule has 0 saturated heterocycles. The number of carbonyl (C=O) groups excluding carboxylic acids is 1. The molecule has 0 atom stereocenters. The molecular formula is C15H20N4O2. The molecule has 2 rings (SSSR count). The van der Waals surface area contributed by atoms with Crippen molar-refractivity contribution in [2.45, 2.75) is 33.7 Å². The number of aromatic nitrogens is 2. The maximum Gasteiger partial charge on any atom is 0.251 e. The van der Waals surface area contributed by atoms with Crippen molar-refractivity contribution in [1.82, 2.24) is 15.5 Å². The van der Waals surface area contributed by atoms with Crippen LogP contribution in [0.15, 0.2) is 16.7 Å². The van der Waals surface area contributed by atoms with Crippen LogP contribution in [0.1, 0.15) is 40.0 Å². The average molecular weight is 288 g/mol. The first-order valence-electron chi connectivity index (χ1n) is 6.93. The lowest BCUT2D eigenvalue weighted by molar-refractivity contribution is 0.0950. The number of hydrogen-bond donors (Lipinski definition) is 2. The fraction of sp³-hybridized carbons (Fsp3) is 0.400. The Morgan fingerprint density at radius 1 is 1.33 bits per heavy atom. The van der Waals surface area contributed by atoms with Gasteiger partial charge in [-0.25, -0.2) is 4.98 Å². The fourth-order valence-corrected chi connectivity index (χ4v) is 2.05. The highest BCUT2D eigenvalue weighted by Crippen LogP contribution is 2.13. The van der Waals surface area contributed by atoms with Gasteiger partial charge in [-0.05, 0) is 32.4 Å². The summed E-state index contributed by atoms with van der Waals surface area (Å²) in [6, 6.07) is 3.55. The minimum atomic E-state index is -0.136. The van der Waals surface area contributed by atoms with Crippen LogP contribution in [-0.2, 0) is 13.0 Å². The highest BCUT2D eigenvalue weighted by atomic mass is 16.5. The quantitative estimate of drug-likeness (QED) is 0.881. The zero-order chi connectivity index (χ0) is 15.4. The Morgan fingerprint density at radius 2 is 2.10 bits per heavy atom. The average Bonchev–Trinajstić information content (AvgIpc) is 2.83. The van der Waals surface area contributed by atoms with Crippen LogP contribution in [-0.4, -0.2) is 23.1 Å². The first kappa shape index (κ1) is 15.0. The molecule has 0 aliphatic carbocycles. The van der Waals surface area contributed by atoms with Crippen LogP contribution >= 0.6 is 0 Å². The van der Waals surface area contributed by atoms with Crippen LogP contribution in [0.3, 0.4) is 0 Å². The van der Waals surface area contributed by atoms with E-state index in [2.05, 4.69) is 20.8 Å². The van der Waals surface area contributed by atoms with Gasteiger partial charge in [0, 0.05) is 30.4 Å². The van der Waals surface area contributed by atoms with E-state index in [1.54, 1.807) is 13.1 Å². The summed E-state index contributed by atoms with van der Waals surface area (Å²) in [5.41, 5.74) is 3.19. The summed E-state index contributed by atoms with van der Waals surface area (Å²) in [4.78, 5) is 16.7. The minimum Gasteiger partial charge on any atom is -0.373 e. The maximum atomic E-state index is 12.3. The number of aryl methyl sites for hydroxylation is 3. The van der Waals surface area contributed by atoms with E-state index in [-0.39, 0.29) is 5.91 Å². The third kappa shape index (κ3) is 3.39. The molecule has 6 heteroatoms. The standard InChI is InChI=1S/C15H20N4O2/c1-5-12-6-11(7-14(16-4)18-12)15(20)17-8-13-9(2)19-21-10(13)3/h6-7H,5,8H2,1-4H3,(H,16,18)(H,17,20). The number of nitrogens with zero attached hydrogens (tertiary/aromatic N) is 2. The summed E-state index contributed by atoms with van der Waals surface area (Å²) in [6.45, 7) is 6.10. The van der Waals surface area contributed by atoms with Crippen LogP contribution in [0.5, 0.6) is 0 Å². The second-order valence-electron chi connectivity index (χ2n) is 4.82. The Balaban J connectivity index is 2.13. The molecular weight excluding hydrogens is 268 g/mol. The summed E-state index contributed by atoms with van der Waals surface area (Å²) in [6.07, 6.45) is 0.777. The molecule has 2 N–H and O–H groups in total. The summed E-state index contributed by atoms with van der Waals surface area (Å²) in [5.74, 6) is 1.29. The molecule has 0 aliphatic heterocycles. The van der Waals surface area contributed by atoms with Gasteiger partial charge in [0.25, 0.3) is 5.91 Å². The normalized spacial score (nSPS) is 10.5. The van der Waals surface area contributed by atoms with Gasteiger partial charge in [0.2, 0.25) is 0 Å². The van der Waals surface area contributed by atoms with Gasteiger partial charge in [-0.2, -0.15) is 0 Å². The van der Waals surface area contributed by atoms with Crippen molar-refractivity contribution < 1.29 is 9.32 Å². The van der Waals surface area contributed by atoms with Gasteiger partial charge in [-0.3, -0.25) is 4.79 Å². The molecule has 21 heavy (non-hydrogen) atoms. The van der Waals surface area contributed by atoms with Crippen LogP contribution in [0.2, 0.25) is 0 Å². The first-order valence-corrected chi connectivity index (χ1v) is 6.93. The zero-order valence-electron chi connectivity index (χ0n) is 12.8. The van der Waals surface area contributed by atoms with E-state index in [1.807, 2.05) is 26.8 Å². The lowest BCUT2D eigenvalue weighted by Gasteiger charge is -2.08. The number of hydrogen-bond acceptors (Lipinski definition) is 5. The Kier molecular flexibility index (Phi) is 4.57. The van der Waals surface area contributed by atoms with E-state index >= 15 is 0 Å². The van der Waals surface area contributed by atoms with Crippen molar-refractivity contribution >= 4 is 11.7 Å². The van der Waals surface area contributed by atoms with E-state index in [9.17, 15) is 4.79 Å². The first-order chi connectivity index (χ1) is 10.0. The molecule has 0 aliphatic rings. The second-order valence-corrected chi connectivity index (χ2v) is 4.82. The lowest BCUT2D eigenvalue weighted by Crippen LogP contribution is -2.23.